The molecule has 1 aliphatic heterocycles. The molecule has 0 aromatic heterocycles. The van der Waals surface area contributed by atoms with Gasteiger partial charge >= 0.3 is 0 Å². The Bertz CT molecular complexity index is 682. The van der Waals surface area contributed by atoms with Crippen LogP contribution in [0.4, 0.5) is 0 Å². The number of carbonyl (C=O) groups is 1. The second-order valence-corrected chi connectivity index (χ2v) is 7.41. The first-order valence-corrected chi connectivity index (χ1v) is 9.98. The van der Waals surface area contributed by atoms with Crippen molar-refractivity contribution in [3.05, 3.63) is 71.8 Å². The molecular weight excluding hydrogens is 336 g/mol. The Kier molecular flexibility index (Phi) is 7.43. The fraction of sp³-hybridized carbons (Fsp3) is 0.435. The first kappa shape index (κ1) is 19.6. The summed E-state index contributed by atoms with van der Waals surface area (Å²) in [5, 5.41) is 13.6. The van der Waals surface area contributed by atoms with Crippen LogP contribution in [-0.2, 0) is 11.2 Å². The molecule has 2 aromatic carbocycles. The summed E-state index contributed by atoms with van der Waals surface area (Å²) in [7, 11) is 0. The third-order valence-corrected chi connectivity index (χ3v) is 5.39. The van der Waals surface area contributed by atoms with Crippen LogP contribution >= 0.6 is 0 Å². The van der Waals surface area contributed by atoms with Crippen molar-refractivity contribution in [3.63, 3.8) is 0 Å². The molecule has 0 spiro atoms. The van der Waals surface area contributed by atoms with E-state index in [1.54, 1.807) is 0 Å². The van der Waals surface area contributed by atoms with Gasteiger partial charge in [-0.15, -0.1) is 0 Å². The highest BCUT2D eigenvalue weighted by Gasteiger charge is 2.26. The van der Waals surface area contributed by atoms with Crippen molar-refractivity contribution in [3.8, 4) is 0 Å². The lowest BCUT2D eigenvalue weighted by Gasteiger charge is -2.34. The molecular formula is C23H30N2O2. The SMILES string of the molecule is O=C(CN1CCC(C(O)c2ccccc2)CC1)NCCCc1ccccc1. The number of rotatable bonds is 8. The molecule has 2 aromatic rings. The Balaban J connectivity index is 1.32. The van der Waals surface area contributed by atoms with Crippen LogP contribution < -0.4 is 5.32 Å². The van der Waals surface area contributed by atoms with Gasteiger partial charge in [-0.3, -0.25) is 9.69 Å². The largest absolute Gasteiger partial charge is 0.388 e. The molecule has 27 heavy (non-hydrogen) atoms. The van der Waals surface area contributed by atoms with Gasteiger partial charge in [0.05, 0.1) is 12.6 Å². The van der Waals surface area contributed by atoms with Crippen molar-refractivity contribution < 1.29 is 9.90 Å². The predicted octanol–water partition coefficient (Wildman–Crippen LogP) is 3.18. The first-order valence-electron chi connectivity index (χ1n) is 9.98. The molecule has 0 radical (unpaired) electrons. The Labute approximate surface area is 162 Å². The lowest BCUT2D eigenvalue weighted by molar-refractivity contribution is -0.122. The van der Waals surface area contributed by atoms with E-state index in [1.807, 2.05) is 48.5 Å². The molecule has 0 aliphatic carbocycles. The second-order valence-electron chi connectivity index (χ2n) is 7.41. The molecule has 1 amide bonds. The maximum atomic E-state index is 12.2. The highest BCUT2D eigenvalue weighted by molar-refractivity contribution is 5.77. The van der Waals surface area contributed by atoms with Gasteiger partial charge in [0.1, 0.15) is 0 Å². The monoisotopic (exact) mass is 366 g/mol. The summed E-state index contributed by atoms with van der Waals surface area (Å²) in [5.41, 5.74) is 2.30. The normalized spacial score (nSPS) is 16.8. The minimum atomic E-state index is -0.403. The number of likely N-dealkylation sites (tertiary alicyclic amines) is 1. The fourth-order valence-corrected chi connectivity index (χ4v) is 3.77. The number of aliphatic hydroxyl groups excluding tert-OH is 1. The number of aryl methyl sites for hydroxylation is 1. The van der Waals surface area contributed by atoms with E-state index in [-0.39, 0.29) is 11.8 Å². The van der Waals surface area contributed by atoms with E-state index in [0.29, 0.717) is 6.54 Å². The molecule has 144 valence electrons. The molecule has 4 heteroatoms. The lowest BCUT2D eigenvalue weighted by atomic mass is 9.87. The van der Waals surface area contributed by atoms with Crippen LogP contribution in [0.3, 0.4) is 0 Å². The molecule has 0 bridgehead atoms. The number of hydrogen-bond donors (Lipinski definition) is 2. The van der Waals surface area contributed by atoms with E-state index in [4.69, 9.17) is 0 Å². The van der Waals surface area contributed by atoms with Gasteiger partial charge in [-0.1, -0.05) is 60.7 Å². The Hall–Kier alpha value is -2.17. The smallest absolute Gasteiger partial charge is 0.234 e. The van der Waals surface area contributed by atoms with Crippen LogP contribution in [0.2, 0.25) is 0 Å². The van der Waals surface area contributed by atoms with Gasteiger partial charge in [0.25, 0.3) is 0 Å². The van der Waals surface area contributed by atoms with Crippen molar-refractivity contribution in [2.24, 2.45) is 5.92 Å². The Morgan fingerprint density at radius 1 is 1.04 bits per heavy atom. The van der Waals surface area contributed by atoms with E-state index in [0.717, 1.165) is 50.9 Å². The van der Waals surface area contributed by atoms with Crippen LogP contribution in [0.15, 0.2) is 60.7 Å². The summed E-state index contributed by atoms with van der Waals surface area (Å²) in [6.07, 6.45) is 3.40. The topological polar surface area (TPSA) is 52.6 Å². The van der Waals surface area contributed by atoms with Gasteiger partial charge in [-0.2, -0.15) is 0 Å². The quantitative estimate of drug-likeness (QED) is 0.706. The van der Waals surface area contributed by atoms with Crippen LogP contribution in [0.5, 0.6) is 0 Å². The zero-order valence-corrected chi connectivity index (χ0v) is 15.9. The number of nitrogens with one attached hydrogen (secondary N) is 1. The molecule has 0 saturated carbocycles. The second kappa shape index (κ2) is 10.2. The van der Waals surface area contributed by atoms with Gasteiger partial charge in [0.2, 0.25) is 5.91 Å². The van der Waals surface area contributed by atoms with Crippen molar-refractivity contribution in [1.82, 2.24) is 10.2 Å². The van der Waals surface area contributed by atoms with Gasteiger partial charge in [0, 0.05) is 6.54 Å². The predicted molar refractivity (Wildman–Crippen MR) is 108 cm³/mol. The van der Waals surface area contributed by atoms with E-state index in [2.05, 4.69) is 22.3 Å². The molecule has 1 saturated heterocycles. The van der Waals surface area contributed by atoms with Gasteiger partial charge in [0.15, 0.2) is 0 Å². The van der Waals surface area contributed by atoms with Gasteiger partial charge < -0.3 is 10.4 Å². The van der Waals surface area contributed by atoms with Crippen molar-refractivity contribution >= 4 is 5.91 Å². The summed E-state index contributed by atoms with van der Waals surface area (Å²) >= 11 is 0. The molecule has 1 unspecified atom stereocenters. The van der Waals surface area contributed by atoms with Crippen LogP contribution in [0, 0.1) is 5.92 Å². The summed E-state index contributed by atoms with van der Waals surface area (Å²) in [6.45, 7) is 2.91. The van der Waals surface area contributed by atoms with Crippen LogP contribution in [-0.4, -0.2) is 42.1 Å². The van der Waals surface area contributed by atoms with E-state index in [9.17, 15) is 9.90 Å². The Morgan fingerprint density at radius 2 is 1.67 bits per heavy atom. The number of aliphatic hydroxyl groups is 1. The first-order chi connectivity index (χ1) is 13.2. The number of carbonyl (C=O) groups excluding carboxylic acids is 1. The molecule has 1 heterocycles. The standard InChI is InChI=1S/C23H30N2O2/c26-22(24-15-7-10-19-8-3-1-4-9-19)18-25-16-13-21(14-17-25)23(27)20-11-5-2-6-12-20/h1-6,8-9,11-12,21,23,27H,7,10,13-18H2,(H,24,26). The summed E-state index contributed by atoms with van der Waals surface area (Å²) in [4.78, 5) is 14.4. The van der Waals surface area contributed by atoms with Gasteiger partial charge in [-0.05, 0) is 55.8 Å². The molecule has 2 N–H and O–H groups in total. The minimum absolute atomic E-state index is 0.102. The average molecular weight is 367 g/mol. The van der Waals surface area contributed by atoms with Crippen molar-refractivity contribution in [1.29, 1.82) is 0 Å². The summed E-state index contributed by atoms with van der Waals surface area (Å²) in [5.74, 6) is 0.378. The highest BCUT2D eigenvalue weighted by Crippen LogP contribution is 2.30. The zero-order valence-electron chi connectivity index (χ0n) is 15.9. The maximum Gasteiger partial charge on any atom is 0.234 e. The van der Waals surface area contributed by atoms with Crippen molar-refractivity contribution in [2.45, 2.75) is 31.8 Å². The van der Waals surface area contributed by atoms with E-state index < -0.39 is 6.10 Å². The van der Waals surface area contributed by atoms with Crippen molar-refractivity contribution in [2.75, 3.05) is 26.2 Å². The van der Waals surface area contributed by atoms with Gasteiger partial charge in [-0.25, -0.2) is 0 Å². The molecule has 1 aliphatic rings. The van der Waals surface area contributed by atoms with Crippen LogP contribution in [0.25, 0.3) is 0 Å². The van der Waals surface area contributed by atoms with Crippen LogP contribution in [0.1, 0.15) is 36.5 Å². The third kappa shape index (κ3) is 6.19. The number of hydrogen-bond acceptors (Lipinski definition) is 3. The highest BCUT2D eigenvalue weighted by atomic mass is 16.3. The van der Waals surface area contributed by atoms with E-state index in [1.165, 1.54) is 5.56 Å². The number of amides is 1. The maximum absolute atomic E-state index is 12.2. The number of piperidine rings is 1. The zero-order chi connectivity index (χ0) is 18.9. The number of nitrogens with zero attached hydrogens (tertiary/aromatic N) is 1. The summed E-state index contributed by atoms with van der Waals surface area (Å²) < 4.78 is 0. The fourth-order valence-electron chi connectivity index (χ4n) is 3.77. The molecule has 3 rings (SSSR count). The minimum Gasteiger partial charge on any atom is -0.388 e. The number of benzene rings is 2. The Morgan fingerprint density at radius 3 is 2.33 bits per heavy atom. The molecule has 4 nitrogen and oxygen atoms in total. The lowest BCUT2D eigenvalue weighted by Crippen LogP contribution is -2.42. The third-order valence-electron chi connectivity index (χ3n) is 5.39. The molecule has 1 fully saturated rings. The average Bonchev–Trinajstić information content (AvgIpc) is 2.73. The summed E-state index contributed by atoms with van der Waals surface area (Å²) in [6, 6.07) is 20.2. The van der Waals surface area contributed by atoms with E-state index >= 15 is 0 Å². The molecule has 1 atom stereocenters.